The van der Waals surface area contributed by atoms with Gasteiger partial charge in [0.2, 0.25) is 0 Å². The van der Waals surface area contributed by atoms with E-state index in [0.29, 0.717) is 18.1 Å². The van der Waals surface area contributed by atoms with Crippen LogP contribution < -0.4 is 10.6 Å². The van der Waals surface area contributed by atoms with Gasteiger partial charge in [0, 0.05) is 13.1 Å². The van der Waals surface area contributed by atoms with Gasteiger partial charge in [0.05, 0.1) is 0 Å². The molecule has 5 nitrogen and oxygen atoms in total. The van der Waals surface area contributed by atoms with Gasteiger partial charge in [0.1, 0.15) is 5.82 Å². The van der Waals surface area contributed by atoms with Crippen LogP contribution in [0.4, 0.5) is 5.82 Å². The molecule has 0 bridgehead atoms. The molecule has 0 atom stereocenters. The van der Waals surface area contributed by atoms with Crippen molar-refractivity contribution in [2.45, 2.75) is 26.2 Å². The lowest BCUT2D eigenvalue weighted by molar-refractivity contribution is 0.0947. The van der Waals surface area contributed by atoms with Crippen LogP contribution in [-0.4, -0.2) is 41.2 Å². The van der Waals surface area contributed by atoms with Gasteiger partial charge in [-0.1, -0.05) is 6.92 Å². The zero-order valence-corrected chi connectivity index (χ0v) is 12.4. The van der Waals surface area contributed by atoms with E-state index in [1.165, 1.54) is 0 Å². The van der Waals surface area contributed by atoms with Crippen LogP contribution in [0, 0.1) is 0 Å². The smallest absolute Gasteiger partial charge is 0.271 e. The van der Waals surface area contributed by atoms with Gasteiger partial charge in [-0.2, -0.15) is 11.8 Å². The Hall–Kier alpha value is -1.30. The summed E-state index contributed by atoms with van der Waals surface area (Å²) in [5, 5.41) is 13.9. The van der Waals surface area contributed by atoms with Crippen molar-refractivity contribution < 1.29 is 4.79 Å². The first-order valence-electron chi connectivity index (χ1n) is 6.62. The number of nitrogens with zero attached hydrogens (tertiary/aromatic N) is 2. The normalized spacial score (nSPS) is 10.2. The lowest BCUT2D eigenvalue weighted by atomic mass is 10.3. The molecule has 1 heterocycles. The summed E-state index contributed by atoms with van der Waals surface area (Å²) in [4.78, 5) is 11.8. The highest BCUT2D eigenvalue weighted by molar-refractivity contribution is 7.98. The van der Waals surface area contributed by atoms with Crippen LogP contribution in [0.3, 0.4) is 0 Å². The highest BCUT2D eigenvalue weighted by Crippen LogP contribution is 2.02. The second-order valence-electron chi connectivity index (χ2n) is 4.19. The van der Waals surface area contributed by atoms with Crippen molar-refractivity contribution in [1.29, 1.82) is 0 Å². The van der Waals surface area contributed by atoms with Gasteiger partial charge in [-0.3, -0.25) is 4.79 Å². The molecular weight excluding hydrogens is 260 g/mol. The number of rotatable bonds is 9. The zero-order chi connectivity index (χ0) is 13.9. The molecule has 0 saturated heterocycles. The Kier molecular flexibility index (Phi) is 7.97. The molecule has 1 amide bonds. The van der Waals surface area contributed by atoms with Gasteiger partial charge < -0.3 is 10.6 Å². The zero-order valence-electron chi connectivity index (χ0n) is 11.6. The average Bonchev–Trinajstić information content (AvgIpc) is 2.45. The number of aromatic nitrogens is 2. The molecule has 1 aromatic heterocycles. The molecule has 6 heteroatoms. The van der Waals surface area contributed by atoms with Crippen LogP contribution in [-0.2, 0) is 0 Å². The molecular formula is C13H22N4OS. The molecule has 1 rings (SSSR count). The van der Waals surface area contributed by atoms with E-state index in [1.807, 2.05) is 11.8 Å². The number of carbonyl (C=O) groups is 1. The van der Waals surface area contributed by atoms with Crippen molar-refractivity contribution >= 4 is 23.5 Å². The molecule has 19 heavy (non-hydrogen) atoms. The number of hydrogen-bond acceptors (Lipinski definition) is 5. The third kappa shape index (κ3) is 6.42. The number of carbonyl (C=O) groups excluding carboxylic acids is 1. The summed E-state index contributed by atoms with van der Waals surface area (Å²) >= 11 is 1.82. The van der Waals surface area contributed by atoms with Crippen LogP contribution >= 0.6 is 11.8 Å². The maximum Gasteiger partial charge on any atom is 0.271 e. The van der Waals surface area contributed by atoms with Crippen LogP contribution in [0.5, 0.6) is 0 Å². The molecule has 106 valence electrons. The Balaban J connectivity index is 2.32. The summed E-state index contributed by atoms with van der Waals surface area (Å²) in [5.74, 6) is 1.69. The molecule has 0 aliphatic carbocycles. The molecule has 0 unspecified atom stereocenters. The molecule has 0 saturated carbocycles. The molecule has 0 aliphatic rings. The van der Waals surface area contributed by atoms with Crippen LogP contribution in [0.15, 0.2) is 12.1 Å². The molecule has 2 N–H and O–H groups in total. The van der Waals surface area contributed by atoms with Crippen LogP contribution in [0.25, 0.3) is 0 Å². The Morgan fingerprint density at radius 3 is 2.74 bits per heavy atom. The van der Waals surface area contributed by atoms with E-state index in [4.69, 9.17) is 0 Å². The molecule has 0 fully saturated rings. The van der Waals surface area contributed by atoms with Gasteiger partial charge in [0.15, 0.2) is 5.69 Å². The van der Waals surface area contributed by atoms with Crippen molar-refractivity contribution in [3.63, 3.8) is 0 Å². The molecule has 0 aliphatic heterocycles. The van der Waals surface area contributed by atoms with Crippen molar-refractivity contribution in [2.24, 2.45) is 0 Å². The van der Waals surface area contributed by atoms with E-state index in [2.05, 4.69) is 34.0 Å². The average molecular weight is 282 g/mol. The lowest BCUT2D eigenvalue weighted by Crippen LogP contribution is -2.25. The Bertz CT molecular complexity index is 369. The predicted molar refractivity (Wildman–Crippen MR) is 80.8 cm³/mol. The van der Waals surface area contributed by atoms with Gasteiger partial charge in [-0.25, -0.2) is 0 Å². The monoisotopic (exact) mass is 282 g/mol. The fourth-order valence-corrected chi connectivity index (χ4v) is 1.96. The first-order valence-corrected chi connectivity index (χ1v) is 8.02. The van der Waals surface area contributed by atoms with Gasteiger partial charge in [0.25, 0.3) is 5.91 Å². The van der Waals surface area contributed by atoms with Crippen molar-refractivity contribution in [2.75, 3.05) is 30.4 Å². The summed E-state index contributed by atoms with van der Waals surface area (Å²) < 4.78 is 0. The number of thioether (sulfide) groups is 1. The minimum atomic E-state index is -0.154. The van der Waals surface area contributed by atoms with E-state index < -0.39 is 0 Å². The fraction of sp³-hybridized carbons (Fsp3) is 0.615. The fourth-order valence-electron chi connectivity index (χ4n) is 1.46. The first-order chi connectivity index (χ1) is 9.27. The largest absolute Gasteiger partial charge is 0.369 e. The van der Waals surface area contributed by atoms with Gasteiger partial charge >= 0.3 is 0 Å². The summed E-state index contributed by atoms with van der Waals surface area (Å²) in [6.07, 6.45) is 5.23. The lowest BCUT2D eigenvalue weighted by Gasteiger charge is -2.05. The maximum absolute atomic E-state index is 11.8. The third-order valence-corrected chi connectivity index (χ3v) is 3.21. The number of nitrogens with one attached hydrogen (secondary N) is 2. The number of hydrogen-bond donors (Lipinski definition) is 2. The predicted octanol–water partition coefficient (Wildman–Crippen LogP) is 2.17. The topological polar surface area (TPSA) is 66.9 Å². The highest BCUT2D eigenvalue weighted by Gasteiger charge is 2.06. The van der Waals surface area contributed by atoms with E-state index in [-0.39, 0.29) is 5.91 Å². The highest BCUT2D eigenvalue weighted by atomic mass is 32.2. The van der Waals surface area contributed by atoms with E-state index >= 15 is 0 Å². The van der Waals surface area contributed by atoms with Crippen molar-refractivity contribution in [3.8, 4) is 0 Å². The summed E-state index contributed by atoms with van der Waals surface area (Å²) in [6.45, 7) is 3.63. The van der Waals surface area contributed by atoms with E-state index in [9.17, 15) is 4.79 Å². The number of unbranched alkanes of at least 4 members (excludes halogenated alkanes) is 1. The molecule has 0 spiro atoms. The second kappa shape index (κ2) is 9.61. The SMILES string of the molecule is CCCNc1ccc(C(=O)NCCCCSC)nn1. The third-order valence-electron chi connectivity index (χ3n) is 2.51. The second-order valence-corrected chi connectivity index (χ2v) is 5.17. The first kappa shape index (κ1) is 15.8. The van der Waals surface area contributed by atoms with Crippen molar-refractivity contribution in [3.05, 3.63) is 17.8 Å². The Morgan fingerprint density at radius 2 is 2.11 bits per heavy atom. The van der Waals surface area contributed by atoms with Gasteiger partial charge in [-0.05, 0) is 43.4 Å². The summed E-state index contributed by atoms with van der Waals surface area (Å²) in [5.41, 5.74) is 0.368. The maximum atomic E-state index is 11.8. The number of amides is 1. The summed E-state index contributed by atoms with van der Waals surface area (Å²) in [6, 6.07) is 3.48. The Labute approximate surface area is 119 Å². The minimum absolute atomic E-state index is 0.154. The summed E-state index contributed by atoms with van der Waals surface area (Å²) in [7, 11) is 0. The van der Waals surface area contributed by atoms with Gasteiger partial charge in [-0.15, -0.1) is 10.2 Å². The van der Waals surface area contributed by atoms with Crippen molar-refractivity contribution in [1.82, 2.24) is 15.5 Å². The quantitative estimate of drug-likeness (QED) is 0.680. The molecule has 0 radical (unpaired) electrons. The standard InChI is InChI=1S/C13H22N4OS/c1-3-8-14-12-7-6-11(16-17-12)13(18)15-9-4-5-10-19-2/h6-7H,3-5,8-10H2,1-2H3,(H,14,17)(H,15,18). The molecule has 0 aromatic carbocycles. The van der Waals surface area contributed by atoms with Crippen LogP contribution in [0.1, 0.15) is 36.7 Å². The van der Waals surface area contributed by atoms with Crippen LogP contribution in [0.2, 0.25) is 0 Å². The van der Waals surface area contributed by atoms with E-state index in [1.54, 1.807) is 12.1 Å². The Morgan fingerprint density at radius 1 is 1.26 bits per heavy atom. The number of anilines is 1. The van der Waals surface area contributed by atoms with E-state index in [0.717, 1.165) is 31.6 Å². The minimum Gasteiger partial charge on any atom is -0.369 e. The molecule has 1 aromatic rings.